The Morgan fingerprint density at radius 1 is 1.41 bits per heavy atom. The summed E-state index contributed by atoms with van der Waals surface area (Å²) in [5.41, 5.74) is 0. The van der Waals surface area contributed by atoms with E-state index in [1.54, 1.807) is 25.1 Å². The highest BCUT2D eigenvalue weighted by molar-refractivity contribution is 7.89. The third kappa shape index (κ3) is 3.99. The van der Waals surface area contributed by atoms with Gasteiger partial charge in [-0.05, 0) is 25.5 Å². The molecule has 5 nitrogen and oxygen atoms in total. The number of methoxy groups -OCH3 is 1. The first kappa shape index (κ1) is 14.0. The number of hydrogen-bond donors (Lipinski definition) is 2. The van der Waals surface area contributed by atoms with Crippen molar-refractivity contribution in [1.82, 2.24) is 4.72 Å². The van der Waals surface area contributed by atoms with Crippen LogP contribution < -0.4 is 9.46 Å². The van der Waals surface area contributed by atoms with Crippen LogP contribution in [0.4, 0.5) is 0 Å². The molecule has 6 heteroatoms. The maximum atomic E-state index is 11.9. The Hall–Kier alpha value is -1.11. The second-order valence-corrected chi connectivity index (χ2v) is 5.42. The maximum Gasteiger partial charge on any atom is 0.244 e. The molecule has 96 valence electrons. The Bertz CT molecular complexity index is 456. The van der Waals surface area contributed by atoms with Gasteiger partial charge in [-0.15, -0.1) is 0 Å². The van der Waals surface area contributed by atoms with Crippen molar-refractivity contribution < 1.29 is 18.3 Å². The first-order valence-corrected chi connectivity index (χ1v) is 6.76. The van der Waals surface area contributed by atoms with E-state index in [0.29, 0.717) is 12.2 Å². The van der Waals surface area contributed by atoms with Crippen LogP contribution in [0, 0.1) is 0 Å². The fourth-order valence-electron chi connectivity index (χ4n) is 1.32. The monoisotopic (exact) mass is 259 g/mol. The standard InChI is InChI=1S/C11H17NO4S/c1-9(13)7-8-12-17(14,15)11-6-4-3-5-10(11)16-2/h3-6,9,12-13H,7-8H2,1-2H3. The van der Waals surface area contributed by atoms with E-state index in [1.165, 1.54) is 13.2 Å². The van der Waals surface area contributed by atoms with Crippen LogP contribution in [-0.4, -0.2) is 33.3 Å². The van der Waals surface area contributed by atoms with Gasteiger partial charge in [0.2, 0.25) is 10.0 Å². The molecule has 0 aliphatic rings. The molecule has 17 heavy (non-hydrogen) atoms. The van der Waals surface area contributed by atoms with Crippen molar-refractivity contribution in [3.05, 3.63) is 24.3 Å². The van der Waals surface area contributed by atoms with Gasteiger partial charge >= 0.3 is 0 Å². The molecule has 1 atom stereocenters. The molecule has 0 saturated carbocycles. The van der Waals surface area contributed by atoms with Crippen molar-refractivity contribution in [3.63, 3.8) is 0 Å². The lowest BCUT2D eigenvalue weighted by Crippen LogP contribution is -2.27. The molecule has 0 aromatic heterocycles. The van der Waals surface area contributed by atoms with Crippen LogP contribution in [0.3, 0.4) is 0 Å². The molecule has 1 rings (SSSR count). The molecule has 0 saturated heterocycles. The van der Waals surface area contributed by atoms with E-state index < -0.39 is 16.1 Å². The Labute approximate surface area is 101 Å². The van der Waals surface area contributed by atoms with Crippen molar-refractivity contribution in [3.8, 4) is 5.75 Å². The number of benzene rings is 1. The third-order valence-electron chi connectivity index (χ3n) is 2.21. The first-order valence-electron chi connectivity index (χ1n) is 5.28. The lowest BCUT2D eigenvalue weighted by Gasteiger charge is -2.10. The summed E-state index contributed by atoms with van der Waals surface area (Å²) in [4.78, 5) is 0.105. The van der Waals surface area contributed by atoms with Gasteiger partial charge in [-0.3, -0.25) is 0 Å². The van der Waals surface area contributed by atoms with Crippen LogP contribution in [0.15, 0.2) is 29.2 Å². The summed E-state index contributed by atoms with van der Waals surface area (Å²) < 4.78 is 31.2. The number of rotatable bonds is 6. The summed E-state index contributed by atoms with van der Waals surface area (Å²) >= 11 is 0. The smallest absolute Gasteiger partial charge is 0.244 e. The van der Waals surface area contributed by atoms with Crippen molar-refractivity contribution in [1.29, 1.82) is 0 Å². The molecule has 0 aliphatic carbocycles. The quantitative estimate of drug-likeness (QED) is 0.790. The zero-order valence-corrected chi connectivity index (χ0v) is 10.7. The van der Waals surface area contributed by atoms with Crippen LogP contribution in [0.1, 0.15) is 13.3 Å². The number of aliphatic hydroxyl groups excluding tert-OH is 1. The van der Waals surface area contributed by atoms with Crippen LogP contribution >= 0.6 is 0 Å². The Kier molecular flexibility index (Phi) is 4.92. The molecule has 1 aromatic carbocycles. The SMILES string of the molecule is COc1ccccc1S(=O)(=O)NCCC(C)O. The molecule has 1 aromatic rings. The van der Waals surface area contributed by atoms with E-state index in [0.717, 1.165) is 0 Å². The largest absolute Gasteiger partial charge is 0.495 e. The Morgan fingerprint density at radius 3 is 2.65 bits per heavy atom. The molecule has 0 spiro atoms. The van der Waals surface area contributed by atoms with Gasteiger partial charge in [0.1, 0.15) is 10.6 Å². The van der Waals surface area contributed by atoms with Gasteiger partial charge in [0.15, 0.2) is 0 Å². The number of ether oxygens (including phenoxy) is 1. The fourth-order valence-corrected chi connectivity index (χ4v) is 2.54. The number of hydrogen-bond acceptors (Lipinski definition) is 4. The number of nitrogens with one attached hydrogen (secondary N) is 1. The summed E-state index contributed by atoms with van der Waals surface area (Å²) in [6, 6.07) is 6.40. The van der Waals surface area contributed by atoms with Crippen molar-refractivity contribution in [2.24, 2.45) is 0 Å². The highest BCUT2D eigenvalue weighted by atomic mass is 32.2. The van der Waals surface area contributed by atoms with Crippen LogP contribution in [0.2, 0.25) is 0 Å². The molecule has 0 amide bonds. The average Bonchev–Trinajstić information content (AvgIpc) is 2.28. The summed E-state index contributed by atoms with van der Waals surface area (Å²) in [7, 11) is -2.16. The maximum absolute atomic E-state index is 11.9. The Balaban J connectivity index is 2.82. The third-order valence-corrected chi connectivity index (χ3v) is 3.71. The van der Waals surface area contributed by atoms with E-state index in [1.807, 2.05) is 0 Å². The minimum absolute atomic E-state index is 0.105. The molecule has 0 aliphatic heterocycles. The van der Waals surface area contributed by atoms with Gasteiger partial charge in [0.05, 0.1) is 13.2 Å². The zero-order valence-electron chi connectivity index (χ0n) is 9.88. The predicted octanol–water partition coefficient (Wildman–Crippen LogP) is 0.744. The second-order valence-electron chi connectivity index (χ2n) is 3.69. The normalized spacial score (nSPS) is 13.4. The lowest BCUT2D eigenvalue weighted by molar-refractivity contribution is 0.186. The second kappa shape index (κ2) is 6.00. The molecule has 2 N–H and O–H groups in total. The fraction of sp³-hybridized carbons (Fsp3) is 0.455. The number of aliphatic hydroxyl groups is 1. The van der Waals surface area contributed by atoms with Crippen molar-refractivity contribution >= 4 is 10.0 Å². The summed E-state index contributed by atoms with van der Waals surface area (Å²) in [6.07, 6.45) is -0.163. The van der Waals surface area contributed by atoms with Gasteiger partial charge < -0.3 is 9.84 Å². The van der Waals surface area contributed by atoms with E-state index in [4.69, 9.17) is 9.84 Å². The summed E-state index contributed by atoms with van der Waals surface area (Å²) in [5.74, 6) is 0.303. The van der Waals surface area contributed by atoms with Crippen LogP contribution in [0.5, 0.6) is 5.75 Å². The number of para-hydroxylation sites is 1. The zero-order chi connectivity index (χ0) is 12.9. The first-order chi connectivity index (χ1) is 7.97. The van der Waals surface area contributed by atoms with Gasteiger partial charge in [-0.25, -0.2) is 13.1 Å². The minimum Gasteiger partial charge on any atom is -0.495 e. The van der Waals surface area contributed by atoms with Crippen molar-refractivity contribution in [2.75, 3.05) is 13.7 Å². The van der Waals surface area contributed by atoms with Crippen LogP contribution in [0.25, 0.3) is 0 Å². The molecule has 0 radical (unpaired) electrons. The minimum atomic E-state index is -3.58. The van der Waals surface area contributed by atoms with Gasteiger partial charge in [0, 0.05) is 6.54 Å². The molecule has 0 heterocycles. The van der Waals surface area contributed by atoms with Gasteiger partial charge in [-0.1, -0.05) is 12.1 Å². The summed E-state index contributed by atoms with van der Waals surface area (Å²) in [6.45, 7) is 1.80. The van der Waals surface area contributed by atoms with E-state index in [-0.39, 0.29) is 11.4 Å². The molecular formula is C11H17NO4S. The van der Waals surface area contributed by atoms with E-state index in [9.17, 15) is 8.42 Å². The predicted molar refractivity (Wildman–Crippen MR) is 64.5 cm³/mol. The molecular weight excluding hydrogens is 242 g/mol. The lowest BCUT2D eigenvalue weighted by atomic mass is 10.3. The highest BCUT2D eigenvalue weighted by Gasteiger charge is 2.18. The topological polar surface area (TPSA) is 75.6 Å². The van der Waals surface area contributed by atoms with Crippen LogP contribution in [-0.2, 0) is 10.0 Å². The average molecular weight is 259 g/mol. The number of sulfonamides is 1. The highest BCUT2D eigenvalue weighted by Crippen LogP contribution is 2.22. The van der Waals surface area contributed by atoms with E-state index in [2.05, 4.69) is 4.72 Å². The van der Waals surface area contributed by atoms with E-state index >= 15 is 0 Å². The summed E-state index contributed by atoms with van der Waals surface area (Å²) in [5, 5.41) is 9.06. The van der Waals surface area contributed by atoms with Gasteiger partial charge in [-0.2, -0.15) is 0 Å². The molecule has 0 fully saturated rings. The Morgan fingerprint density at radius 2 is 2.06 bits per heavy atom. The molecule has 0 bridgehead atoms. The molecule has 1 unspecified atom stereocenters. The van der Waals surface area contributed by atoms with Gasteiger partial charge in [0.25, 0.3) is 0 Å². The van der Waals surface area contributed by atoms with Crippen molar-refractivity contribution in [2.45, 2.75) is 24.3 Å².